The number of nitrogens with one attached hydrogen (secondary N) is 2. The van der Waals surface area contributed by atoms with Crippen LogP contribution in [0.15, 0.2) is 36.4 Å². The van der Waals surface area contributed by atoms with Crippen molar-refractivity contribution in [3.05, 3.63) is 47.5 Å². The molecule has 2 rings (SSSR count). The van der Waals surface area contributed by atoms with Gasteiger partial charge in [0.25, 0.3) is 0 Å². The summed E-state index contributed by atoms with van der Waals surface area (Å²) in [5.41, 5.74) is 3.86. The van der Waals surface area contributed by atoms with Gasteiger partial charge in [-0.25, -0.2) is 0 Å². The molecule has 0 fully saturated rings. The summed E-state index contributed by atoms with van der Waals surface area (Å²) in [6, 6.07) is 11.2. The molecule has 5 nitrogen and oxygen atoms in total. The van der Waals surface area contributed by atoms with E-state index in [1.54, 1.807) is 32.4 Å². The minimum absolute atomic E-state index is 0.155. The molecule has 23 heavy (non-hydrogen) atoms. The van der Waals surface area contributed by atoms with E-state index >= 15 is 0 Å². The van der Waals surface area contributed by atoms with Gasteiger partial charge in [-0.3, -0.25) is 4.79 Å². The lowest BCUT2D eigenvalue weighted by Gasteiger charge is -2.14. The summed E-state index contributed by atoms with van der Waals surface area (Å²) in [6.07, 6.45) is 0. The zero-order valence-electron chi connectivity index (χ0n) is 13.9. The summed E-state index contributed by atoms with van der Waals surface area (Å²) in [5.74, 6) is 1.09. The molecule has 5 heteroatoms. The summed E-state index contributed by atoms with van der Waals surface area (Å²) < 4.78 is 10.4. The van der Waals surface area contributed by atoms with Crippen molar-refractivity contribution in [2.75, 3.05) is 31.4 Å². The first-order chi connectivity index (χ1) is 11.0. The number of rotatable bonds is 6. The Hall–Kier alpha value is -2.69. The van der Waals surface area contributed by atoms with Crippen LogP contribution in [0.3, 0.4) is 0 Å². The van der Waals surface area contributed by atoms with Crippen molar-refractivity contribution >= 4 is 17.3 Å². The number of ether oxygens (including phenoxy) is 2. The SMILES string of the molecule is COc1ccc(OC)c(NC(=O)CNc2cccc(C)c2C)c1. The number of hydrogen-bond donors (Lipinski definition) is 2. The topological polar surface area (TPSA) is 59.6 Å². The van der Waals surface area contributed by atoms with Gasteiger partial charge in [0.2, 0.25) is 5.91 Å². The van der Waals surface area contributed by atoms with Crippen LogP contribution in [-0.4, -0.2) is 26.7 Å². The van der Waals surface area contributed by atoms with E-state index in [0.29, 0.717) is 17.2 Å². The Balaban J connectivity index is 2.03. The number of aryl methyl sites for hydroxylation is 1. The van der Waals surface area contributed by atoms with E-state index in [4.69, 9.17) is 9.47 Å². The van der Waals surface area contributed by atoms with Gasteiger partial charge in [0, 0.05) is 11.8 Å². The highest BCUT2D eigenvalue weighted by Gasteiger charge is 2.09. The molecule has 1 amide bonds. The Morgan fingerprint density at radius 1 is 1.04 bits per heavy atom. The minimum Gasteiger partial charge on any atom is -0.497 e. The average molecular weight is 314 g/mol. The molecule has 2 aromatic rings. The number of amides is 1. The van der Waals surface area contributed by atoms with Crippen molar-refractivity contribution in [3.8, 4) is 11.5 Å². The first-order valence-electron chi connectivity index (χ1n) is 7.37. The molecule has 0 aliphatic carbocycles. The fourth-order valence-corrected chi connectivity index (χ4v) is 2.22. The van der Waals surface area contributed by atoms with E-state index in [1.807, 2.05) is 32.0 Å². The quantitative estimate of drug-likeness (QED) is 0.858. The van der Waals surface area contributed by atoms with Crippen molar-refractivity contribution in [3.63, 3.8) is 0 Å². The van der Waals surface area contributed by atoms with Gasteiger partial charge in [-0.1, -0.05) is 12.1 Å². The molecule has 0 aliphatic heterocycles. The Labute approximate surface area is 136 Å². The number of hydrogen-bond acceptors (Lipinski definition) is 4. The molecule has 0 unspecified atom stereocenters. The lowest BCUT2D eigenvalue weighted by molar-refractivity contribution is -0.114. The molecule has 0 aliphatic rings. The van der Waals surface area contributed by atoms with Gasteiger partial charge in [-0.05, 0) is 43.2 Å². The third-order valence-electron chi connectivity index (χ3n) is 3.72. The smallest absolute Gasteiger partial charge is 0.243 e. The van der Waals surface area contributed by atoms with E-state index in [-0.39, 0.29) is 12.5 Å². The van der Waals surface area contributed by atoms with Gasteiger partial charge in [0.15, 0.2) is 0 Å². The highest BCUT2D eigenvalue weighted by molar-refractivity contribution is 5.95. The monoisotopic (exact) mass is 314 g/mol. The van der Waals surface area contributed by atoms with Gasteiger partial charge < -0.3 is 20.1 Å². The number of anilines is 2. The van der Waals surface area contributed by atoms with Gasteiger partial charge in [0.05, 0.1) is 26.5 Å². The van der Waals surface area contributed by atoms with Gasteiger partial charge in [0.1, 0.15) is 11.5 Å². The van der Waals surface area contributed by atoms with Crippen LogP contribution in [-0.2, 0) is 4.79 Å². The first kappa shape index (κ1) is 16.7. The summed E-state index contributed by atoms with van der Waals surface area (Å²) >= 11 is 0. The molecular formula is C18H22N2O3. The van der Waals surface area contributed by atoms with E-state index in [9.17, 15) is 4.79 Å². The van der Waals surface area contributed by atoms with E-state index in [0.717, 1.165) is 11.3 Å². The number of carbonyl (C=O) groups excluding carboxylic acids is 1. The maximum Gasteiger partial charge on any atom is 0.243 e. The van der Waals surface area contributed by atoms with Crippen molar-refractivity contribution < 1.29 is 14.3 Å². The second-order valence-electron chi connectivity index (χ2n) is 5.22. The van der Waals surface area contributed by atoms with Crippen molar-refractivity contribution in [1.82, 2.24) is 0 Å². The largest absolute Gasteiger partial charge is 0.497 e. The molecule has 0 saturated heterocycles. The molecule has 0 spiro atoms. The van der Waals surface area contributed by atoms with Crippen LogP contribution in [0, 0.1) is 13.8 Å². The normalized spacial score (nSPS) is 10.1. The minimum atomic E-state index is -0.155. The van der Waals surface area contributed by atoms with Crippen LogP contribution < -0.4 is 20.1 Å². The highest BCUT2D eigenvalue weighted by atomic mass is 16.5. The Kier molecular flexibility index (Phi) is 5.46. The Morgan fingerprint density at radius 2 is 1.83 bits per heavy atom. The molecular weight excluding hydrogens is 292 g/mol. The summed E-state index contributed by atoms with van der Waals surface area (Å²) in [6.45, 7) is 4.24. The van der Waals surface area contributed by atoms with E-state index < -0.39 is 0 Å². The van der Waals surface area contributed by atoms with Crippen LogP contribution in [0.25, 0.3) is 0 Å². The average Bonchev–Trinajstić information content (AvgIpc) is 2.56. The Morgan fingerprint density at radius 3 is 2.52 bits per heavy atom. The number of benzene rings is 2. The van der Waals surface area contributed by atoms with Crippen LogP contribution in [0.1, 0.15) is 11.1 Å². The number of carbonyl (C=O) groups is 1. The van der Waals surface area contributed by atoms with Crippen molar-refractivity contribution in [2.24, 2.45) is 0 Å². The second-order valence-corrected chi connectivity index (χ2v) is 5.22. The second kappa shape index (κ2) is 7.54. The third-order valence-corrected chi connectivity index (χ3v) is 3.72. The Bertz CT molecular complexity index is 699. The maximum absolute atomic E-state index is 12.2. The molecule has 0 bridgehead atoms. The standard InChI is InChI=1S/C18H22N2O3/c1-12-6-5-7-15(13(12)2)19-11-18(21)20-16-10-14(22-3)8-9-17(16)23-4/h5-10,19H,11H2,1-4H3,(H,20,21). The van der Waals surface area contributed by atoms with Crippen molar-refractivity contribution in [1.29, 1.82) is 0 Å². The van der Waals surface area contributed by atoms with Gasteiger partial charge in [-0.15, -0.1) is 0 Å². The van der Waals surface area contributed by atoms with Crippen molar-refractivity contribution in [2.45, 2.75) is 13.8 Å². The third kappa shape index (κ3) is 4.16. The van der Waals surface area contributed by atoms with Crippen LogP contribution in [0.2, 0.25) is 0 Å². The predicted molar refractivity (Wildman–Crippen MR) is 92.6 cm³/mol. The molecule has 0 atom stereocenters. The molecule has 2 N–H and O–H groups in total. The van der Waals surface area contributed by atoms with Crippen LogP contribution in [0.4, 0.5) is 11.4 Å². The lowest BCUT2D eigenvalue weighted by atomic mass is 10.1. The van der Waals surface area contributed by atoms with Crippen LogP contribution >= 0.6 is 0 Å². The fourth-order valence-electron chi connectivity index (χ4n) is 2.22. The molecule has 122 valence electrons. The molecule has 0 heterocycles. The molecule has 0 aromatic heterocycles. The van der Waals surface area contributed by atoms with Crippen LogP contribution in [0.5, 0.6) is 11.5 Å². The maximum atomic E-state index is 12.2. The van der Waals surface area contributed by atoms with Gasteiger partial charge >= 0.3 is 0 Å². The summed E-state index contributed by atoms with van der Waals surface area (Å²) in [7, 11) is 3.14. The lowest BCUT2D eigenvalue weighted by Crippen LogP contribution is -2.22. The molecule has 2 aromatic carbocycles. The number of methoxy groups -OCH3 is 2. The molecule has 0 saturated carbocycles. The highest BCUT2D eigenvalue weighted by Crippen LogP contribution is 2.28. The predicted octanol–water partition coefficient (Wildman–Crippen LogP) is 3.37. The zero-order chi connectivity index (χ0) is 16.8. The zero-order valence-corrected chi connectivity index (χ0v) is 13.9. The van der Waals surface area contributed by atoms with Gasteiger partial charge in [-0.2, -0.15) is 0 Å². The van der Waals surface area contributed by atoms with E-state index in [1.165, 1.54) is 5.56 Å². The van der Waals surface area contributed by atoms with E-state index in [2.05, 4.69) is 10.6 Å². The first-order valence-corrected chi connectivity index (χ1v) is 7.37. The summed E-state index contributed by atoms with van der Waals surface area (Å²) in [5, 5.41) is 5.99. The molecule has 0 radical (unpaired) electrons. The summed E-state index contributed by atoms with van der Waals surface area (Å²) in [4.78, 5) is 12.2. The fraction of sp³-hybridized carbons (Fsp3) is 0.278.